The summed E-state index contributed by atoms with van der Waals surface area (Å²) in [6.45, 7) is 0. The van der Waals surface area contributed by atoms with Gasteiger partial charge in [0.2, 0.25) is 11.8 Å². The molecule has 1 aliphatic rings. The maximum absolute atomic E-state index is 11.4. The molecular formula is C13H12N2O2. The van der Waals surface area contributed by atoms with Gasteiger partial charge >= 0.3 is 0 Å². The third kappa shape index (κ3) is 2.36. The van der Waals surface area contributed by atoms with Gasteiger partial charge in [-0.25, -0.2) is 4.98 Å². The minimum absolute atomic E-state index is 0.0882. The van der Waals surface area contributed by atoms with Gasteiger partial charge in [-0.15, -0.1) is 0 Å². The van der Waals surface area contributed by atoms with Crippen LogP contribution in [-0.2, 0) is 4.79 Å². The first kappa shape index (κ1) is 10.1. The molecule has 3 rings (SSSR count). The van der Waals surface area contributed by atoms with Crippen molar-refractivity contribution in [2.24, 2.45) is 0 Å². The second-order valence-corrected chi connectivity index (χ2v) is 4.14. The van der Waals surface area contributed by atoms with Crippen LogP contribution in [0.1, 0.15) is 18.7 Å². The number of nitrogens with one attached hydrogen (secondary N) is 1. The maximum Gasteiger partial charge on any atom is 0.244 e. The molecule has 0 saturated heterocycles. The molecule has 1 amide bonds. The molecule has 1 aromatic heterocycles. The van der Waals surface area contributed by atoms with Crippen LogP contribution in [0, 0.1) is 0 Å². The largest absolute Gasteiger partial charge is 0.437 e. The average Bonchev–Trinajstić information content (AvgIpc) is 3.03. The van der Waals surface area contributed by atoms with Gasteiger partial charge in [0.05, 0.1) is 0 Å². The molecule has 1 aliphatic carbocycles. The maximum atomic E-state index is 11.4. The molecule has 1 aromatic carbocycles. The lowest BCUT2D eigenvalue weighted by atomic mass is 10.3. The molecule has 1 fully saturated rings. The third-order valence-electron chi connectivity index (χ3n) is 2.61. The van der Waals surface area contributed by atoms with E-state index in [1.807, 2.05) is 24.3 Å². The molecule has 0 radical (unpaired) electrons. The zero-order valence-electron chi connectivity index (χ0n) is 9.22. The summed E-state index contributed by atoms with van der Waals surface area (Å²) >= 11 is 0. The predicted molar refractivity (Wildman–Crippen MR) is 64.2 cm³/mol. The van der Waals surface area contributed by atoms with E-state index in [0.29, 0.717) is 11.9 Å². The Bertz CT molecular complexity index is 549. The average molecular weight is 228 g/mol. The van der Waals surface area contributed by atoms with Gasteiger partial charge in [0.25, 0.3) is 0 Å². The first-order chi connectivity index (χ1) is 8.31. The molecule has 86 valence electrons. The zero-order valence-corrected chi connectivity index (χ0v) is 9.22. The molecule has 1 heterocycles. The summed E-state index contributed by atoms with van der Waals surface area (Å²) in [5.41, 5.74) is 1.53. The minimum Gasteiger partial charge on any atom is -0.437 e. The van der Waals surface area contributed by atoms with Gasteiger partial charge in [-0.1, -0.05) is 12.1 Å². The van der Waals surface area contributed by atoms with E-state index in [1.165, 1.54) is 6.08 Å². The fourth-order valence-corrected chi connectivity index (χ4v) is 1.59. The Balaban J connectivity index is 1.74. The third-order valence-corrected chi connectivity index (χ3v) is 2.61. The van der Waals surface area contributed by atoms with Gasteiger partial charge in [0.15, 0.2) is 5.58 Å². The molecular weight excluding hydrogens is 216 g/mol. The van der Waals surface area contributed by atoms with E-state index in [-0.39, 0.29) is 5.91 Å². The Hall–Kier alpha value is -2.10. The van der Waals surface area contributed by atoms with E-state index in [9.17, 15) is 4.79 Å². The molecule has 0 unspecified atom stereocenters. The molecule has 17 heavy (non-hydrogen) atoms. The normalized spacial score (nSPS) is 15.5. The van der Waals surface area contributed by atoms with Crippen LogP contribution in [-0.4, -0.2) is 16.9 Å². The number of aromatic nitrogens is 1. The Morgan fingerprint density at radius 2 is 2.24 bits per heavy atom. The number of para-hydroxylation sites is 2. The number of rotatable bonds is 3. The lowest BCUT2D eigenvalue weighted by Crippen LogP contribution is -2.22. The Labute approximate surface area is 98.3 Å². The second kappa shape index (κ2) is 4.05. The van der Waals surface area contributed by atoms with E-state index in [4.69, 9.17) is 4.42 Å². The first-order valence-corrected chi connectivity index (χ1v) is 5.65. The Morgan fingerprint density at radius 3 is 3.00 bits per heavy atom. The number of carbonyl (C=O) groups excluding carboxylic acids is 1. The quantitative estimate of drug-likeness (QED) is 0.819. The van der Waals surface area contributed by atoms with E-state index >= 15 is 0 Å². The molecule has 0 spiro atoms. The number of carbonyl (C=O) groups is 1. The SMILES string of the molecule is O=C(C=Cc1nc2ccccc2o1)NC1CC1. The Kier molecular flexibility index (Phi) is 2.40. The number of benzene rings is 1. The summed E-state index contributed by atoms with van der Waals surface area (Å²) < 4.78 is 5.46. The molecule has 2 aromatic rings. The van der Waals surface area contributed by atoms with Crippen molar-refractivity contribution in [1.82, 2.24) is 10.3 Å². The molecule has 4 heteroatoms. The summed E-state index contributed by atoms with van der Waals surface area (Å²) in [6.07, 6.45) is 5.23. The van der Waals surface area contributed by atoms with Gasteiger partial charge in [-0.05, 0) is 25.0 Å². The van der Waals surface area contributed by atoms with E-state index in [1.54, 1.807) is 6.08 Å². The van der Waals surface area contributed by atoms with Crippen LogP contribution >= 0.6 is 0 Å². The number of fused-ring (bicyclic) bond motifs is 1. The van der Waals surface area contributed by atoms with E-state index in [0.717, 1.165) is 23.9 Å². The highest BCUT2D eigenvalue weighted by Gasteiger charge is 2.22. The molecule has 0 bridgehead atoms. The fraction of sp³-hybridized carbons (Fsp3) is 0.231. The van der Waals surface area contributed by atoms with Crippen LogP contribution in [0.4, 0.5) is 0 Å². The molecule has 1 N–H and O–H groups in total. The van der Waals surface area contributed by atoms with E-state index < -0.39 is 0 Å². The Morgan fingerprint density at radius 1 is 1.41 bits per heavy atom. The molecule has 0 atom stereocenters. The van der Waals surface area contributed by atoms with Crippen molar-refractivity contribution < 1.29 is 9.21 Å². The van der Waals surface area contributed by atoms with Crippen LogP contribution in [0.3, 0.4) is 0 Å². The van der Waals surface area contributed by atoms with Crippen molar-refractivity contribution in [2.45, 2.75) is 18.9 Å². The number of hydrogen-bond acceptors (Lipinski definition) is 3. The van der Waals surface area contributed by atoms with Crippen molar-refractivity contribution in [3.63, 3.8) is 0 Å². The standard InChI is InChI=1S/C13H12N2O2/c16-12(14-9-5-6-9)7-8-13-15-10-3-1-2-4-11(10)17-13/h1-4,7-9H,5-6H2,(H,14,16). The molecule has 4 nitrogen and oxygen atoms in total. The number of hydrogen-bond donors (Lipinski definition) is 1. The van der Waals surface area contributed by atoms with E-state index in [2.05, 4.69) is 10.3 Å². The van der Waals surface area contributed by atoms with Gasteiger partial charge in [0.1, 0.15) is 5.52 Å². The van der Waals surface area contributed by atoms with Crippen LogP contribution < -0.4 is 5.32 Å². The summed E-state index contributed by atoms with van der Waals surface area (Å²) in [4.78, 5) is 15.7. The van der Waals surface area contributed by atoms with Crippen molar-refractivity contribution >= 4 is 23.1 Å². The van der Waals surface area contributed by atoms with Gasteiger partial charge < -0.3 is 9.73 Å². The fourth-order valence-electron chi connectivity index (χ4n) is 1.59. The number of oxazole rings is 1. The van der Waals surface area contributed by atoms with Crippen molar-refractivity contribution in [2.75, 3.05) is 0 Å². The van der Waals surface area contributed by atoms with Crippen LogP contribution in [0.5, 0.6) is 0 Å². The number of nitrogens with zero attached hydrogens (tertiary/aromatic N) is 1. The smallest absolute Gasteiger partial charge is 0.244 e. The van der Waals surface area contributed by atoms with Crippen molar-refractivity contribution in [1.29, 1.82) is 0 Å². The summed E-state index contributed by atoms with van der Waals surface area (Å²) in [5.74, 6) is 0.368. The zero-order chi connectivity index (χ0) is 11.7. The first-order valence-electron chi connectivity index (χ1n) is 5.65. The lowest BCUT2D eigenvalue weighted by Gasteiger charge is -1.94. The second-order valence-electron chi connectivity index (χ2n) is 4.14. The van der Waals surface area contributed by atoms with Gasteiger partial charge in [-0.3, -0.25) is 4.79 Å². The van der Waals surface area contributed by atoms with Crippen LogP contribution in [0.2, 0.25) is 0 Å². The number of amides is 1. The summed E-state index contributed by atoms with van der Waals surface area (Å²) in [7, 11) is 0. The topological polar surface area (TPSA) is 55.1 Å². The predicted octanol–water partition coefficient (Wildman–Crippen LogP) is 2.12. The summed E-state index contributed by atoms with van der Waals surface area (Å²) in [5, 5.41) is 2.86. The van der Waals surface area contributed by atoms with Crippen molar-refractivity contribution in [3.8, 4) is 0 Å². The molecule has 1 saturated carbocycles. The lowest BCUT2D eigenvalue weighted by molar-refractivity contribution is -0.116. The monoisotopic (exact) mass is 228 g/mol. The highest BCUT2D eigenvalue weighted by atomic mass is 16.3. The van der Waals surface area contributed by atoms with Crippen LogP contribution in [0.15, 0.2) is 34.8 Å². The van der Waals surface area contributed by atoms with Gasteiger partial charge in [-0.2, -0.15) is 0 Å². The highest BCUT2D eigenvalue weighted by molar-refractivity contribution is 5.91. The van der Waals surface area contributed by atoms with Crippen molar-refractivity contribution in [3.05, 3.63) is 36.2 Å². The minimum atomic E-state index is -0.0882. The van der Waals surface area contributed by atoms with Gasteiger partial charge in [0, 0.05) is 18.2 Å². The highest BCUT2D eigenvalue weighted by Crippen LogP contribution is 2.18. The molecule has 0 aliphatic heterocycles. The summed E-state index contributed by atoms with van der Waals surface area (Å²) in [6, 6.07) is 7.89. The van der Waals surface area contributed by atoms with Crippen LogP contribution in [0.25, 0.3) is 17.2 Å².